The SMILES string of the molecule is CCCOc1ccc(-c2nn(-c3ccccc3)cc2/C=C2\SC(N3C[C@@H](C)O[C@H](C)C3)=NC2=O)cc1C. The van der Waals surface area contributed by atoms with Gasteiger partial charge in [0.05, 0.1) is 29.4 Å². The van der Waals surface area contributed by atoms with Crippen molar-refractivity contribution in [2.75, 3.05) is 19.7 Å². The Morgan fingerprint density at radius 1 is 1.14 bits per heavy atom. The van der Waals surface area contributed by atoms with Crippen molar-refractivity contribution in [3.63, 3.8) is 0 Å². The number of aromatic nitrogens is 2. The smallest absolute Gasteiger partial charge is 0.286 e. The van der Waals surface area contributed by atoms with Crippen molar-refractivity contribution in [3.8, 4) is 22.7 Å². The summed E-state index contributed by atoms with van der Waals surface area (Å²) >= 11 is 1.42. The molecule has 1 amide bonds. The molecule has 8 heteroatoms. The molecule has 3 aromatic rings. The number of thioether (sulfide) groups is 1. The second-order valence-corrected chi connectivity index (χ2v) is 10.5. The Hall–Kier alpha value is -3.36. The van der Waals surface area contributed by atoms with E-state index >= 15 is 0 Å². The van der Waals surface area contributed by atoms with Crippen LogP contribution in [-0.4, -0.2) is 57.7 Å². The number of para-hydroxylation sites is 1. The molecule has 0 radical (unpaired) electrons. The highest BCUT2D eigenvalue weighted by Gasteiger charge is 2.31. The summed E-state index contributed by atoms with van der Waals surface area (Å²) in [7, 11) is 0. The van der Waals surface area contributed by atoms with Gasteiger partial charge in [0.25, 0.3) is 5.91 Å². The van der Waals surface area contributed by atoms with Gasteiger partial charge >= 0.3 is 0 Å². The van der Waals surface area contributed by atoms with Gasteiger partial charge < -0.3 is 14.4 Å². The van der Waals surface area contributed by atoms with Crippen molar-refractivity contribution in [1.29, 1.82) is 0 Å². The zero-order valence-electron chi connectivity index (χ0n) is 21.7. The number of hydrogen-bond acceptors (Lipinski definition) is 6. The van der Waals surface area contributed by atoms with E-state index in [-0.39, 0.29) is 18.1 Å². The van der Waals surface area contributed by atoms with Gasteiger partial charge in [0.2, 0.25) is 0 Å². The zero-order chi connectivity index (χ0) is 25.9. The molecule has 1 fully saturated rings. The first kappa shape index (κ1) is 25.3. The van der Waals surface area contributed by atoms with Crippen LogP contribution >= 0.6 is 11.8 Å². The summed E-state index contributed by atoms with van der Waals surface area (Å²) < 4.78 is 13.6. The number of aliphatic imine (C=N–C) groups is 1. The Morgan fingerprint density at radius 3 is 2.59 bits per heavy atom. The van der Waals surface area contributed by atoms with Crippen LogP contribution in [0.3, 0.4) is 0 Å². The van der Waals surface area contributed by atoms with Gasteiger partial charge in [-0.15, -0.1) is 0 Å². The highest BCUT2D eigenvalue weighted by Crippen LogP contribution is 2.35. The Bertz CT molecular complexity index is 1340. The number of aryl methyl sites for hydroxylation is 1. The van der Waals surface area contributed by atoms with E-state index in [9.17, 15) is 4.79 Å². The molecule has 1 aromatic heterocycles. The quantitative estimate of drug-likeness (QED) is 0.391. The highest BCUT2D eigenvalue weighted by atomic mass is 32.2. The molecule has 0 saturated carbocycles. The minimum absolute atomic E-state index is 0.0957. The van der Waals surface area contributed by atoms with Crippen LogP contribution in [0.4, 0.5) is 0 Å². The second kappa shape index (κ2) is 10.9. The minimum atomic E-state index is -0.218. The average Bonchev–Trinajstić information content (AvgIpc) is 3.47. The number of nitrogens with zero attached hydrogens (tertiary/aromatic N) is 4. The second-order valence-electron chi connectivity index (χ2n) is 9.51. The topological polar surface area (TPSA) is 68.9 Å². The Labute approximate surface area is 222 Å². The molecule has 37 heavy (non-hydrogen) atoms. The summed E-state index contributed by atoms with van der Waals surface area (Å²) in [6.07, 6.45) is 5.03. The Balaban J connectivity index is 1.49. The molecular weight excluding hydrogens is 484 g/mol. The van der Waals surface area contributed by atoms with Gasteiger partial charge in [-0.05, 0) is 80.9 Å². The summed E-state index contributed by atoms with van der Waals surface area (Å²) in [5, 5.41) is 5.67. The molecule has 7 nitrogen and oxygen atoms in total. The standard InChI is InChI=1S/C29H32N4O3S/c1-5-13-35-25-12-11-22(14-19(25)2)27-23(18-33(31-27)24-9-7-6-8-10-24)15-26-28(34)30-29(37-26)32-16-20(3)36-21(4)17-32/h6-12,14-15,18,20-21H,5,13,16-17H2,1-4H3/b26-15-/t20-,21-/m1/s1. The molecule has 2 aromatic carbocycles. The maximum absolute atomic E-state index is 12.9. The third kappa shape index (κ3) is 5.65. The fraction of sp³-hybridized carbons (Fsp3) is 0.345. The number of carbonyl (C=O) groups excluding carboxylic acids is 1. The lowest BCUT2D eigenvalue weighted by atomic mass is 10.0. The van der Waals surface area contributed by atoms with Crippen LogP contribution in [0.25, 0.3) is 23.0 Å². The molecule has 2 aliphatic rings. The van der Waals surface area contributed by atoms with Crippen molar-refractivity contribution in [2.45, 2.75) is 46.3 Å². The average molecular weight is 517 g/mol. The predicted octanol–water partition coefficient (Wildman–Crippen LogP) is 5.72. The van der Waals surface area contributed by atoms with Gasteiger partial charge in [-0.25, -0.2) is 4.68 Å². The number of amidine groups is 1. The maximum atomic E-state index is 12.9. The molecule has 1 saturated heterocycles. The Kier molecular flexibility index (Phi) is 7.48. The molecule has 0 unspecified atom stereocenters. The fourth-order valence-electron chi connectivity index (χ4n) is 4.61. The molecule has 2 atom stereocenters. The van der Waals surface area contributed by atoms with Crippen LogP contribution in [0.1, 0.15) is 38.3 Å². The summed E-state index contributed by atoms with van der Waals surface area (Å²) in [4.78, 5) is 20.1. The van der Waals surface area contributed by atoms with Crippen LogP contribution in [0.5, 0.6) is 5.75 Å². The number of ether oxygens (including phenoxy) is 2. The van der Waals surface area contributed by atoms with Crippen LogP contribution in [0.2, 0.25) is 0 Å². The number of carbonyl (C=O) groups is 1. The van der Waals surface area contributed by atoms with Gasteiger partial charge in [-0.3, -0.25) is 4.79 Å². The number of amides is 1. The summed E-state index contributed by atoms with van der Waals surface area (Å²) in [5.41, 5.74) is 4.63. The van der Waals surface area contributed by atoms with E-state index in [4.69, 9.17) is 14.6 Å². The van der Waals surface area contributed by atoms with E-state index in [0.29, 0.717) is 11.5 Å². The van der Waals surface area contributed by atoms with Crippen LogP contribution < -0.4 is 4.74 Å². The van der Waals surface area contributed by atoms with Gasteiger partial charge in [0.15, 0.2) is 5.17 Å². The van der Waals surface area contributed by atoms with Crippen molar-refractivity contribution < 1.29 is 14.3 Å². The highest BCUT2D eigenvalue weighted by molar-refractivity contribution is 8.18. The summed E-state index contributed by atoms with van der Waals surface area (Å²) in [5.74, 6) is 0.659. The van der Waals surface area contributed by atoms with E-state index in [1.807, 2.05) is 80.2 Å². The molecule has 5 rings (SSSR count). The van der Waals surface area contributed by atoms with Gasteiger partial charge in [-0.1, -0.05) is 25.1 Å². The van der Waals surface area contributed by atoms with Crippen LogP contribution in [-0.2, 0) is 9.53 Å². The monoisotopic (exact) mass is 516 g/mol. The van der Waals surface area contributed by atoms with E-state index in [1.54, 1.807) is 0 Å². The molecule has 0 spiro atoms. The van der Waals surface area contributed by atoms with Crippen LogP contribution in [0, 0.1) is 6.92 Å². The van der Waals surface area contributed by atoms with E-state index in [0.717, 1.165) is 58.5 Å². The van der Waals surface area contributed by atoms with Gasteiger partial charge in [-0.2, -0.15) is 10.1 Å². The summed E-state index contributed by atoms with van der Waals surface area (Å²) in [6.45, 7) is 10.4. The predicted molar refractivity (Wildman–Crippen MR) is 149 cm³/mol. The first-order chi connectivity index (χ1) is 17.9. The number of benzene rings is 2. The third-order valence-electron chi connectivity index (χ3n) is 6.26. The molecule has 2 aliphatic heterocycles. The van der Waals surface area contributed by atoms with Crippen molar-refractivity contribution in [3.05, 3.63) is 70.8 Å². The van der Waals surface area contributed by atoms with Crippen molar-refractivity contribution in [1.82, 2.24) is 14.7 Å². The molecular formula is C29H32N4O3S. The zero-order valence-corrected chi connectivity index (χ0v) is 22.5. The van der Waals surface area contributed by atoms with E-state index in [1.165, 1.54) is 11.8 Å². The molecule has 192 valence electrons. The first-order valence-electron chi connectivity index (χ1n) is 12.7. The molecule has 0 N–H and O–H groups in total. The largest absolute Gasteiger partial charge is 0.493 e. The van der Waals surface area contributed by atoms with E-state index in [2.05, 4.69) is 22.9 Å². The summed E-state index contributed by atoms with van der Waals surface area (Å²) in [6, 6.07) is 16.1. The lowest BCUT2D eigenvalue weighted by molar-refractivity contribution is -0.113. The molecule has 3 heterocycles. The maximum Gasteiger partial charge on any atom is 0.286 e. The number of rotatable bonds is 6. The number of morpholine rings is 1. The van der Waals surface area contributed by atoms with Crippen molar-refractivity contribution in [2.24, 2.45) is 4.99 Å². The molecule has 0 bridgehead atoms. The van der Waals surface area contributed by atoms with Gasteiger partial charge in [0.1, 0.15) is 11.4 Å². The fourth-order valence-corrected chi connectivity index (χ4v) is 5.53. The normalized spacial score (nSPS) is 21.0. The minimum Gasteiger partial charge on any atom is -0.493 e. The van der Waals surface area contributed by atoms with E-state index < -0.39 is 0 Å². The van der Waals surface area contributed by atoms with Crippen LogP contribution in [0.15, 0.2) is 64.6 Å². The van der Waals surface area contributed by atoms with Crippen molar-refractivity contribution >= 4 is 28.9 Å². The number of hydrogen-bond donors (Lipinski definition) is 0. The molecule has 0 aliphatic carbocycles. The lowest BCUT2D eigenvalue weighted by Crippen LogP contribution is -2.47. The third-order valence-corrected chi connectivity index (χ3v) is 7.30. The lowest BCUT2D eigenvalue weighted by Gasteiger charge is -2.35. The Morgan fingerprint density at radius 2 is 1.89 bits per heavy atom. The van der Waals surface area contributed by atoms with Gasteiger partial charge in [0, 0.05) is 30.4 Å². The first-order valence-corrected chi connectivity index (χ1v) is 13.5.